The second kappa shape index (κ2) is 2.35. The average Bonchev–Trinajstić information content (AvgIpc) is 1.85. The zero-order valence-electron chi connectivity index (χ0n) is 6.01. The van der Waals surface area contributed by atoms with Crippen LogP contribution >= 0.6 is 0 Å². The third-order valence-electron chi connectivity index (χ3n) is 2.45. The molecule has 0 spiro atoms. The SMILES string of the molecule is O=C1CC2CCOC(C1)C2. The molecule has 1 saturated carbocycles. The smallest absolute Gasteiger partial charge is 0.135 e. The van der Waals surface area contributed by atoms with Crippen molar-refractivity contribution in [1.29, 1.82) is 0 Å². The predicted molar refractivity (Wildman–Crippen MR) is 36.7 cm³/mol. The topological polar surface area (TPSA) is 26.3 Å². The molecule has 56 valence electrons. The molecule has 2 aliphatic rings. The van der Waals surface area contributed by atoms with Gasteiger partial charge in [0.1, 0.15) is 5.78 Å². The van der Waals surface area contributed by atoms with Crippen LogP contribution in [0.2, 0.25) is 0 Å². The van der Waals surface area contributed by atoms with E-state index in [1.165, 1.54) is 0 Å². The van der Waals surface area contributed by atoms with Crippen molar-refractivity contribution in [2.75, 3.05) is 6.61 Å². The van der Waals surface area contributed by atoms with E-state index < -0.39 is 0 Å². The molecule has 2 bridgehead atoms. The first kappa shape index (κ1) is 6.35. The highest BCUT2D eigenvalue weighted by atomic mass is 16.5. The van der Waals surface area contributed by atoms with Gasteiger partial charge >= 0.3 is 0 Å². The molecule has 10 heavy (non-hydrogen) atoms. The Balaban J connectivity index is 2.05. The van der Waals surface area contributed by atoms with Gasteiger partial charge in [0.25, 0.3) is 0 Å². The van der Waals surface area contributed by atoms with Gasteiger partial charge in [-0.05, 0) is 18.8 Å². The van der Waals surface area contributed by atoms with Crippen LogP contribution in [0.25, 0.3) is 0 Å². The lowest BCUT2D eigenvalue weighted by Crippen LogP contribution is -2.34. The van der Waals surface area contributed by atoms with Gasteiger partial charge < -0.3 is 4.74 Å². The second-order valence-corrected chi connectivity index (χ2v) is 3.33. The molecule has 1 aliphatic heterocycles. The average molecular weight is 140 g/mol. The summed E-state index contributed by atoms with van der Waals surface area (Å²) in [5.74, 6) is 1.06. The molecule has 2 rings (SSSR count). The van der Waals surface area contributed by atoms with Gasteiger partial charge in [-0.25, -0.2) is 0 Å². The number of fused-ring (bicyclic) bond motifs is 2. The van der Waals surface area contributed by atoms with E-state index in [4.69, 9.17) is 4.74 Å². The fourth-order valence-corrected chi connectivity index (χ4v) is 1.95. The molecule has 2 fully saturated rings. The van der Waals surface area contributed by atoms with Crippen LogP contribution in [0.4, 0.5) is 0 Å². The van der Waals surface area contributed by atoms with Gasteiger partial charge in [0.2, 0.25) is 0 Å². The lowest BCUT2D eigenvalue weighted by Gasteiger charge is -2.33. The monoisotopic (exact) mass is 140 g/mol. The molecule has 1 saturated heterocycles. The fraction of sp³-hybridized carbons (Fsp3) is 0.875. The van der Waals surface area contributed by atoms with Crippen molar-refractivity contribution in [3.8, 4) is 0 Å². The molecule has 0 aromatic rings. The summed E-state index contributed by atoms with van der Waals surface area (Å²) in [4.78, 5) is 11.0. The van der Waals surface area contributed by atoms with Gasteiger partial charge in [0, 0.05) is 19.4 Å². The predicted octanol–water partition coefficient (Wildman–Crippen LogP) is 1.14. The van der Waals surface area contributed by atoms with Gasteiger partial charge in [-0.15, -0.1) is 0 Å². The summed E-state index contributed by atoms with van der Waals surface area (Å²) >= 11 is 0. The van der Waals surface area contributed by atoms with Gasteiger partial charge in [0.05, 0.1) is 6.10 Å². The van der Waals surface area contributed by atoms with Crippen molar-refractivity contribution in [2.45, 2.75) is 31.8 Å². The minimum atomic E-state index is 0.278. The quantitative estimate of drug-likeness (QED) is 0.504. The molecule has 1 heterocycles. The highest BCUT2D eigenvalue weighted by Crippen LogP contribution is 2.30. The van der Waals surface area contributed by atoms with Crippen LogP contribution in [0.5, 0.6) is 0 Å². The molecule has 0 amide bonds. The first-order valence-electron chi connectivity index (χ1n) is 3.98. The van der Waals surface area contributed by atoms with Crippen LogP contribution in [0.1, 0.15) is 25.7 Å². The number of carbonyl (C=O) groups excluding carboxylic acids is 1. The molecule has 0 aromatic carbocycles. The van der Waals surface area contributed by atoms with E-state index in [0.717, 1.165) is 25.9 Å². The van der Waals surface area contributed by atoms with Gasteiger partial charge in [-0.3, -0.25) is 4.79 Å². The molecule has 0 N–H and O–H groups in total. The van der Waals surface area contributed by atoms with E-state index in [1.54, 1.807) is 0 Å². The first-order chi connectivity index (χ1) is 4.84. The van der Waals surface area contributed by atoms with Crippen LogP contribution in [-0.2, 0) is 9.53 Å². The lowest BCUT2D eigenvalue weighted by molar-refractivity contribution is -0.130. The zero-order valence-corrected chi connectivity index (χ0v) is 6.01. The Hall–Kier alpha value is -0.370. The highest BCUT2D eigenvalue weighted by molar-refractivity contribution is 5.80. The van der Waals surface area contributed by atoms with Gasteiger partial charge in [-0.2, -0.15) is 0 Å². The zero-order chi connectivity index (χ0) is 6.97. The van der Waals surface area contributed by atoms with Crippen molar-refractivity contribution in [3.63, 3.8) is 0 Å². The number of Topliss-reactive ketones (excluding diaryl/α,β-unsaturated/α-hetero) is 1. The van der Waals surface area contributed by atoms with Crippen molar-refractivity contribution < 1.29 is 9.53 Å². The van der Waals surface area contributed by atoms with E-state index in [9.17, 15) is 4.79 Å². The molecule has 2 heteroatoms. The van der Waals surface area contributed by atoms with E-state index in [2.05, 4.69) is 0 Å². The number of hydrogen-bond acceptors (Lipinski definition) is 2. The Morgan fingerprint density at radius 1 is 1.40 bits per heavy atom. The lowest BCUT2D eigenvalue weighted by atomic mass is 9.83. The summed E-state index contributed by atoms with van der Waals surface area (Å²) in [7, 11) is 0. The van der Waals surface area contributed by atoms with Crippen LogP contribution in [0.15, 0.2) is 0 Å². The number of rotatable bonds is 0. The summed E-state index contributed by atoms with van der Waals surface area (Å²) in [6.07, 6.45) is 4.00. The van der Waals surface area contributed by atoms with Gasteiger partial charge in [-0.1, -0.05) is 0 Å². The van der Waals surface area contributed by atoms with Crippen molar-refractivity contribution >= 4 is 5.78 Å². The van der Waals surface area contributed by atoms with E-state index in [0.29, 0.717) is 18.1 Å². The molecule has 2 atom stereocenters. The Morgan fingerprint density at radius 3 is 3.10 bits per heavy atom. The maximum Gasteiger partial charge on any atom is 0.135 e. The number of carbonyl (C=O) groups is 1. The first-order valence-corrected chi connectivity index (χ1v) is 3.98. The second-order valence-electron chi connectivity index (χ2n) is 3.33. The van der Waals surface area contributed by atoms with E-state index in [1.807, 2.05) is 0 Å². The standard InChI is InChI=1S/C8H12O2/c9-7-3-6-1-2-10-8(4-6)5-7/h6,8H,1-5H2. The minimum absolute atomic E-state index is 0.278. The minimum Gasteiger partial charge on any atom is -0.378 e. The van der Waals surface area contributed by atoms with E-state index >= 15 is 0 Å². The third kappa shape index (κ3) is 1.08. The summed E-state index contributed by atoms with van der Waals surface area (Å²) in [5, 5.41) is 0. The summed E-state index contributed by atoms with van der Waals surface area (Å²) in [5.41, 5.74) is 0. The summed E-state index contributed by atoms with van der Waals surface area (Å²) < 4.78 is 5.40. The molecule has 2 nitrogen and oxygen atoms in total. The Bertz CT molecular complexity index is 139. The van der Waals surface area contributed by atoms with Crippen LogP contribution < -0.4 is 0 Å². The number of ether oxygens (including phenoxy) is 1. The Labute approximate surface area is 60.6 Å². The van der Waals surface area contributed by atoms with Crippen LogP contribution in [0, 0.1) is 5.92 Å². The highest BCUT2D eigenvalue weighted by Gasteiger charge is 2.30. The fourth-order valence-electron chi connectivity index (χ4n) is 1.95. The van der Waals surface area contributed by atoms with Gasteiger partial charge in [0.15, 0.2) is 0 Å². The third-order valence-corrected chi connectivity index (χ3v) is 2.45. The summed E-state index contributed by atoms with van der Waals surface area (Å²) in [6, 6.07) is 0. The number of hydrogen-bond donors (Lipinski definition) is 0. The summed E-state index contributed by atoms with van der Waals surface area (Å²) in [6.45, 7) is 0.878. The molecular formula is C8H12O2. The van der Waals surface area contributed by atoms with E-state index in [-0.39, 0.29) is 6.10 Å². The maximum absolute atomic E-state index is 11.0. The normalized spacial score (nSPS) is 39.8. The Kier molecular flexibility index (Phi) is 1.49. The van der Waals surface area contributed by atoms with Crippen LogP contribution in [-0.4, -0.2) is 18.5 Å². The Morgan fingerprint density at radius 2 is 2.30 bits per heavy atom. The number of ketones is 1. The van der Waals surface area contributed by atoms with Crippen molar-refractivity contribution in [2.24, 2.45) is 5.92 Å². The van der Waals surface area contributed by atoms with Crippen molar-refractivity contribution in [1.82, 2.24) is 0 Å². The largest absolute Gasteiger partial charge is 0.378 e. The molecular weight excluding hydrogens is 128 g/mol. The molecule has 1 aliphatic carbocycles. The maximum atomic E-state index is 11.0. The molecule has 0 aromatic heterocycles. The van der Waals surface area contributed by atoms with Crippen LogP contribution in [0.3, 0.4) is 0 Å². The van der Waals surface area contributed by atoms with Crippen molar-refractivity contribution in [3.05, 3.63) is 0 Å². The molecule has 2 unspecified atom stereocenters. The molecule has 0 radical (unpaired) electrons.